The molecule has 0 fully saturated rings. The van der Waals surface area contributed by atoms with Gasteiger partial charge in [0.2, 0.25) is 0 Å². The van der Waals surface area contributed by atoms with E-state index in [9.17, 15) is 8.42 Å². The SMILES string of the molecule is CCN(C(=N)N(CC(C)(C)CN)c1ccc(OCc2ccc(S(C)(=O)=O)cc2)cc1)C(C)C. The van der Waals surface area contributed by atoms with Crippen LogP contribution in [0.3, 0.4) is 0 Å². The van der Waals surface area contributed by atoms with Crippen LogP contribution in [0.1, 0.15) is 40.2 Å². The quantitative estimate of drug-likeness (QED) is 0.397. The Bertz CT molecular complexity index is 1020. The molecule has 0 saturated carbocycles. The second-order valence-corrected chi connectivity index (χ2v) is 11.4. The number of hydrogen-bond donors (Lipinski definition) is 2. The van der Waals surface area contributed by atoms with E-state index in [4.69, 9.17) is 15.9 Å². The van der Waals surface area contributed by atoms with E-state index in [1.165, 1.54) is 6.26 Å². The van der Waals surface area contributed by atoms with Crippen LogP contribution in [0.5, 0.6) is 5.75 Å². The maximum Gasteiger partial charge on any atom is 0.198 e. The van der Waals surface area contributed by atoms with Crippen molar-refractivity contribution in [3.8, 4) is 5.75 Å². The summed E-state index contributed by atoms with van der Waals surface area (Å²) in [5.74, 6) is 1.15. The highest BCUT2D eigenvalue weighted by molar-refractivity contribution is 7.90. The highest BCUT2D eigenvalue weighted by Gasteiger charge is 2.26. The van der Waals surface area contributed by atoms with Gasteiger partial charge in [-0.05, 0) is 74.7 Å². The smallest absolute Gasteiger partial charge is 0.198 e. The number of sulfone groups is 1. The Morgan fingerprint density at radius 1 is 1.09 bits per heavy atom. The molecule has 2 aromatic rings. The lowest BCUT2D eigenvalue weighted by Crippen LogP contribution is -2.51. The van der Waals surface area contributed by atoms with Gasteiger partial charge in [-0.3, -0.25) is 5.41 Å². The Labute approximate surface area is 199 Å². The van der Waals surface area contributed by atoms with Crippen molar-refractivity contribution in [1.82, 2.24) is 4.90 Å². The van der Waals surface area contributed by atoms with Crippen molar-refractivity contribution < 1.29 is 13.2 Å². The average Bonchev–Trinajstić information content (AvgIpc) is 2.76. The van der Waals surface area contributed by atoms with Crippen LogP contribution in [-0.4, -0.2) is 51.2 Å². The van der Waals surface area contributed by atoms with Gasteiger partial charge in [-0.1, -0.05) is 26.0 Å². The minimum atomic E-state index is -3.21. The van der Waals surface area contributed by atoms with Crippen molar-refractivity contribution in [3.63, 3.8) is 0 Å². The summed E-state index contributed by atoms with van der Waals surface area (Å²) in [6.07, 6.45) is 1.19. The molecule has 0 atom stereocenters. The second-order valence-electron chi connectivity index (χ2n) is 9.36. The van der Waals surface area contributed by atoms with Crippen molar-refractivity contribution in [2.75, 3.05) is 30.8 Å². The first-order valence-corrected chi connectivity index (χ1v) is 13.1. The molecular formula is C25H38N4O3S. The zero-order valence-corrected chi connectivity index (χ0v) is 21.4. The van der Waals surface area contributed by atoms with Crippen LogP contribution in [-0.2, 0) is 16.4 Å². The van der Waals surface area contributed by atoms with Gasteiger partial charge in [0, 0.05) is 31.1 Å². The molecule has 7 nitrogen and oxygen atoms in total. The van der Waals surface area contributed by atoms with Crippen LogP contribution in [0.25, 0.3) is 0 Å². The molecule has 0 aliphatic carbocycles. The monoisotopic (exact) mass is 474 g/mol. The van der Waals surface area contributed by atoms with Crippen LogP contribution in [0.15, 0.2) is 53.4 Å². The predicted molar refractivity (Wildman–Crippen MR) is 136 cm³/mol. The van der Waals surface area contributed by atoms with Crippen LogP contribution in [0.2, 0.25) is 0 Å². The third kappa shape index (κ3) is 7.47. The van der Waals surface area contributed by atoms with Gasteiger partial charge in [-0.2, -0.15) is 0 Å². The molecule has 0 amide bonds. The minimum absolute atomic E-state index is 0.157. The third-order valence-electron chi connectivity index (χ3n) is 5.54. The summed E-state index contributed by atoms with van der Waals surface area (Å²) in [6.45, 7) is 12.7. The molecule has 0 aliphatic heterocycles. The number of nitrogens with one attached hydrogen (secondary N) is 1. The first-order valence-electron chi connectivity index (χ1n) is 11.2. The van der Waals surface area contributed by atoms with Crippen LogP contribution in [0, 0.1) is 10.8 Å². The minimum Gasteiger partial charge on any atom is -0.489 e. The first kappa shape index (κ1) is 26.7. The Kier molecular flexibility index (Phi) is 8.91. The molecule has 0 radical (unpaired) electrons. The molecule has 182 valence electrons. The lowest BCUT2D eigenvalue weighted by atomic mass is 9.93. The number of guanidine groups is 1. The van der Waals surface area contributed by atoms with Gasteiger partial charge in [0.05, 0.1) is 4.90 Å². The molecule has 2 aromatic carbocycles. The van der Waals surface area contributed by atoms with Crippen molar-refractivity contribution in [1.29, 1.82) is 5.41 Å². The van der Waals surface area contributed by atoms with E-state index < -0.39 is 9.84 Å². The number of hydrogen-bond acceptors (Lipinski definition) is 5. The Morgan fingerprint density at radius 2 is 1.67 bits per heavy atom. The van der Waals surface area contributed by atoms with Crippen molar-refractivity contribution in [3.05, 3.63) is 54.1 Å². The second kappa shape index (κ2) is 11.0. The fourth-order valence-electron chi connectivity index (χ4n) is 3.42. The standard InChI is InChI=1S/C25H38N4O3S/c1-7-28(19(2)3)24(27)29(18-25(4,5)17-26)21-10-12-22(13-11-21)32-16-20-8-14-23(15-9-20)33(6,30)31/h8-15,19,27H,7,16-18,26H2,1-6H3. The number of ether oxygens (including phenoxy) is 1. The molecule has 8 heteroatoms. The zero-order chi connectivity index (χ0) is 24.8. The van der Waals surface area contributed by atoms with Gasteiger partial charge in [0.25, 0.3) is 0 Å². The summed E-state index contributed by atoms with van der Waals surface area (Å²) in [7, 11) is -3.21. The molecular weight excluding hydrogens is 436 g/mol. The van der Waals surface area contributed by atoms with E-state index in [2.05, 4.69) is 39.5 Å². The maximum atomic E-state index is 11.6. The third-order valence-corrected chi connectivity index (χ3v) is 6.66. The molecule has 0 spiro atoms. The van der Waals surface area contributed by atoms with Gasteiger partial charge in [-0.15, -0.1) is 0 Å². The molecule has 33 heavy (non-hydrogen) atoms. The highest BCUT2D eigenvalue weighted by Crippen LogP contribution is 2.26. The van der Waals surface area contributed by atoms with Crippen LogP contribution < -0.4 is 15.4 Å². The van der Waals surface area contributed by atoms with Crippen molar-refractivity contribution >= 4 is 21.5 Å². The van der Waals surface area contributed by atoms with E-state index in [1.54, 1.807) is 24.3 Å². The maximum absolute atomic E-state index is 11.6. The van der Waals surface area contributed by atoms with Gasteiger partial charge < -0.3 is 20.3 Å². The first-order chi connectivity index (χ1) is 15.4. The van der Waals surface area contributed by atoms with E-state index in [-0.39, 0.29) is 11.5 Å². The Hall–Kier alpha value is -2.58. The van der Waals surface area contributed by atoms with E-state index in [0.717, 1.165) is 17.8 Å². The van der Waals surface area contributed by atoms with Gasteiger partial charge in [0.1, 0.15) is 12.4 Å². The van der Waals surface area contributed by atoms with Crippen LogP contribution in [0.4, 0.5) is 5.69 Å². The largest absolute Gasteiger partial charge is 0.489 e. The van der Waals surface area contributed by atoms with E-state index in [1.807, 2.05) is 29.2 Å². The molecule has 0 aliphatic rings. The van der Waals surface area contributed by atoms with Crippen molar-refractivity contribution in [2.45, 2.75) is 52.2 Å². The van der Waals surface area contributed by atoms with Gasteiger partial charge in [0.15, 0.2) is 15.8 Å². The molecule has 2 rings (SSSR count). The van der Waals surface area contributed by atoms with E-state index in [0.29, 0.717) is 36.3 Å². The summed E-state index contributed by atoms with van der Waals surface area (Å²) in [5, 5.41) is 8.87. The number of nitrogens with two attached hydrogens (primary N) is 1. The van der Waals surface area contributed by atoms with Gasteiger partial charge >= 0.3 is 0 Å². The summed E-state index contributed by atoms with van der Waals surface area (Å²) in [6, 6.07) is 14.6. The summed E-state index contributed by atoms with van der Waals surface area (Å²) < 4.78 is 29.1. The van der Waals surface area contributed by atoms with E-state index >= 15 is 0 Å². The molecule has 0 saturated heterocycles. The molecule has 0 heterocycles. The normalized spacial score (nSPS) is 12.0. The fraction of sp³-hybridized carbons (Fsp3) is 0.480. The Morgan fingerprint density at radius 3 is 2.12 bits per heavy atom. The number of anilines is 1. The predicted octanol–water partition coefficient (Wildman–Crippen LogP) is 4.13. The summed E-state index contributed by atoms with van der Waals surface area (Å²) in [4.78, 5) is 4.35. The topological polar surface area (TPSA) is 99.7 Å². The molecule has 0 aromatic heterocycles. The Balaban J connectivity index is 2.17. The number of rotatable bonds is 10. The molecule has 0 unspecified atom stereocenters. The van der Waals surface area contributed by atoms with Crippen molar-refractivity contribution in [2.24, 2.45) is 11.1 Å². The zero-order valence-electron chi connectivity index (χ0n) is 20.6. The summed E-state index contributed by atoms with van der Waals surface area (Å²) in [5.41, 5.74) is 7.62. The average molecular weight is 475 g/mol. The highest BCUT2D eigenvalue weighted by atomic mass is 32.2. The molecule has 0 bridgehead atoms. The van der Waals surface area contributed by atoms with Crippen LogP contribution >= 0.6 is 0 Å². The number of nitrogens with zero attached hydrogens (tertiary/aromatic N) is 2. The number of benzene rings is 2. The lowest BCUT2D eigenvalue weighted by molar-refractivity contribution is 0.306. The molecule has 3 N–H and O–H groups in total. The van der Waals surface area contributed by atoms with Gasteiger partial charge in [-0.25, -0.2) is 8.42 Å². The lowest BCUT2D eigenvalue weighted by Gasteiger charge is -2.39. The summed E-state index contributed by atoms with van der Waals surface area (Å²) >= 11 is 0. The fourth-order valence-corrected chi connectivity index (χ4v) is 4.05.